The maximum Gasteiger partial charge on any atom is 0.151 e. The van der Waals surface area contributed by atoms with Crippen LogP contribution in [-0.2, 0) is 12.4 Å². The van der Waals surface area contributed by atoms with Gasteiger partial charge in [0.2, 0.25) is 0 Å². The Balaban J connectivity index is 2.08. The molecule has 0 spiro atoms. The van der Waals surface area contributed by atoms with Crippen molar-refractivity contribution < 1.29 is 4.39 Å². The number of hydrogen-bond donors (Lipinski definition) is 0. The van der Waals surface area contributed by atoms with Crippen LogP contribution < -0.4 is 0 Å². The lowest BCUT2D eigenvalue weighted by atomic mass is 9.83. The second-order valence-corrected chi connectivity index (χ2v) is 6.18. The number of hydrogen-bond acceptors (Lipinski definition) is 1. The SMILES string of the molecule is CCC1(Cn2c(CCl)nc3c(F)cccc32)CCCC1. The van der Waals surface area contributed by atoms with Gasteiger partial charge in [0, 0.05) is 6.54 Å². The molecule has 0 bridgehead atoms. The first kappa shape index (κ1) is 13.9. The molecule has 0 radical (unpaired) electrons. The van der Waals surface area contributed by atoms with Crippen LogP contribution in [0, 0.1) is 11.2 Å². The molecule has 1 saturated carbocycles. The molecule has 1 aromatic heterocycles. The van der Waals surface area contributed by atoms with Crippen LogP contribution in [-0.4, -0.2) is 9.55 Å². The van der Waals surface area contributed by atoms with Gasteiger partial charge in [-0.3, -0.25) is 0 Å². The minimum atomic E-state index is -0.260. The van der Waals surface area contributed by atoms with Crippen molar-refractivity contribution in [2.45, 2.75) is 51.5 Å². The highest BCUT2D eigenvalue weighted by Crippen LogP contribution is 2.43. The summed E-state index contributed by atoms with van der Waals surface area (Å²) in [5, 5.41) is 0. The van der Waals surface area contributed by atoms with Gasteiger partial charge in [0.1, 0.15) is 11.3 Å². The Morgan fingerprint density at radius 1 is 1.35 bits per heavy atom. The van der Waals surface area contributed by atoms with Crippen LogP contribution >= 0.6 is 11.6 Å². The van der Waals surface area contributed by atoms with Crippen molar-refractivity contribution >= 4 is 22.6 Å². The zero-order valence-corrected chi connectivity index (χ0v) is 12.6. The highest BCUT2D eigenvalue weighted by molar-refractivity contribution is 6.16. The molecular formula is C16H20ClFN2. The highest BCUT2D eigenvalue weighted by atomic mass is 35.5. The molecule has 0 amide bonds. The molecule has 4 heteroatoms. The number of alkyl halides is 1. The van der Waals surface area contributed by atoms with Gasteiger partial charge in [-0.1, -0.05) is 25.8 Å². The van der Waals surface area contributed by atoms with Crippen LogP contribution in [0.1, 0.15) is 44.9 Å². The van der Waals surface area contributed by atoms with Gasteiger partial charge in [0.25, 0.3) is 0 Å². The molecule has 0 atom stereocenters. The number of imidazole rings is 1. The van der Waals surface area contributed by atoms with Gasteiger partial charge < -0.3 is 4.57 Å². The maximum atomic E-state index is 13.9. The molecule has 0 N–H and O–H groups in total. The number of nitrogens with zero attached hydrogens (tertiary/aromatic N) is 2. The van der Waals surface area contributed by atoms with E-state index in [9.17, 15) is 4.39 Å². The Hall–Kier alpha value is -1.09. The molecule has 20 heavy (non-hydrogen) atoms. The van der Waals surface area contributed by atoms with Gasteiger partial charge in [-0.25, -0.2) is 9.37 Å². The maximum absolute atomic E-state index is 13.9. The number of halogens is 2. The standard InChI is InChI=1S/C16H20ClFN2/c1-2-16(8-3-4-9-16)11-20-13-7-5-6-12(18)15(13)19-14(20)10-17/h5-7H,2-4,8-11H2,1H3. The van der Waals surface area contributed by atoms with Crippen LogP contribution in [0.2, 0.25) is 0 Å². The minimum absolute atomic E-state index is 0.260. The lowest BCUT2D eigenvalue weighted by molar-refractivity contribution is 0.238. The first-order chi connectivity index (χ1) is 9.69. The predicted molar refractivity (Wildman–Crippen MR) is 80.4 cm³/mol. The van der Waals surface area contributed by atoms with E-state index in [2.05, 4.69) is 16.5 Å². The summed E-state index contributed by atoms with van der Waals surface area (Å²) in [5.41, 5.74) is 1.66. The van der Waals surface area contributed by atoms with Gasteiger partial charge in [0.05, 0.1) is 11.4 Å². The molecule has 108 valence electrons. The summed E-state index contributed by atoms with van der Waals surface area (Å²) >= 11 is 6.02. The average molecular weight is 295 g/mol. The zero-order valence-electron chi connectivity index (χ0n) is 11.8. The normalized spacial score (nSPS) is 17.9. The molecule has 0 aliphatic heterocycles. The van der Waals surface area contributed by atoms with E-state index in [1.807, 2.05) is 6.07 Å². The fourth-order valence-electron chi connectivity index (χ4n) is 3.52. The van der Waals surface area contributed by atoms with Crippen LogP contribution in [0.25, 0.3) is 11.0 Å². The second-order valence-electron chi connectivity index (χ2n) is 5.92. The lowest BCUT2D eigenvalue weighted by Gasteiger charge is -2.29. The molecule has 2 aromatic rings. The Kier molecular flexibility index (Phi) is 3.72. The van der Waals surface area contributed by atoms with Gasteiger partial charge in [-0.15, -0.1) is 11.6 Å². The third kappa shape index (κ3) is 2.22. The molecule has 0 saturated heterocycles. The fraction of sp³-hybridized carbons (Fsp3) is 0.562. The van der Waals surface area contributed by atoms with Crippen molar-refractivity contribution in [2.75, 3.05) is 0 Å². The molecular weight excluding hydrogens is 275 g/mol. The van der Waals surface area contributed by atoms with E-state index in [0.29, 0.717) is 16.8 Å². The average Bonchev–Trinajstić information content (AvgIpc) is 3.06. The van der Waals surface area contributed by atoms with E-state index >= 15 is 0 Å². The van der Waals surface area contributed by atoms with Crippen LogP contribution in [0.15, 0.2) is 18.2 Å². The van der Waals surface area contributed by atoms with Gasteiger partial charge >= 0.3 is 0 Å². The Morgan fingerprint density at radius 2 is 2.10 bits per heavy atom. The van der Waals surface area contributed by atoms with Crippen molar-refractivity contribution in [3.05, 3.63) is 29.8 Å². The summed E-state index contributed by atoms with van der Waals surface area (Å²) in [7, 11) is 0. The van der Waals surface area contributed by atoms with Crippen molar-refractivity contribution in [1.29, 1.82) is 0 Å². The molecule has 0 unspecified atom stereocenters. The first-order valence-corrected chi connectivity index (χ1v) is 7.92. The van der Waals surface area contributed by atoms with Crippen LogP contribution in [0.5, 0.6) is 0 Å². The number of benzene rings is 1. The van der Waals surface area contributed by atoms with Crippen LogP contribution in [0.4, 0.5) is 4.39 Å². The second kappa shape index (κ2) is 5.36. The summed E-state index contributed by atoms with van der Waals surface area (Å²) < 4.78 is 16.0. The summed E-state index contributed by atoms with van der Waals surface area (Å²) in [6.07, 6.45) is 6.25. The summed E-state index contributed by atoms with van der Waals surface area (Å²) in [4.78, 5) is 4.39. The Morgan fingerprint density at radius 3 is 2.75 bits per heavy atom. The largest absolute Gasteiger partial charge is 0.326 e. The molecule has 1 heterocycles. The summed E-state index contributed by atoms with van der Waals surface area (Å²) in [5.74, 6) is 0.851. The number of fused-ring (bicyclic) bond motifs is 1. The van der Waals surface area contributed by atoms with Crippen molar-refractivity contribution in [1.82, 2.24) is 9.55 Å². The Bertz CT molecular complexity index is 614. The number of rotatable bonds is 4. The molecule has 1 aliphatic rings. The summed E-state index contributed by atoms with van der Waals surface area (Å²) in [6, 6.07) is 5.16. The third-order valence-corrected chi connectivity index (χ3v) is 5.08. The quantitative estimate of drug-likeness (QED) is 0.735. The number of aromatic nitrogens is 2. The van der Waals surface area contributed by atoms with Gasteiger partial charge in [0.15, 0.2) is 5.82 Å². The van der Waals surface area contributed by atoms with Crippen molar-refractivity contribution in [3.63, 3.8) is 0 Å². The van der Waals surface area contributed by atoms with E-state index < -0.39 is 0 Å². The molecule has 1 aliphatic carbocycles. The topological polar surface area (TPSA) is 17.8 Å². The van der Waals surface area contributed by atoms with E-state index in [-0.39, 0.29) is 5.82 Å². The van der Waals surface area contributed by atoms with Crippen LogP contribution in [0.3, 0.4) is 0 Å². The lowest BCUT2D eigenvalue weighted by Crippen LogP contribution is -2.23. The van der Waals surface area contributed by atoms with E-state index in [1.165, 1.54) is 31.7 Å². The zero-order chi connectivity index (χ0) is 14.2. The monoisotopic (exact) mass is 294 g/mol. The molecule has 1 fully saturated rings. The van der Waals surface area contributed by atoms with Gasteiger partial charge in [-0.05, 0) is 36.8 Å². The molecule has 1 aromatic carbocycles. The van der Waals surface area contributed by atoms with E-state index in [0.717, 1.165) is 24.3 Å². The number of para-hydroxylation sites is 1. The summed E-state index contributed by atoms with van der Waals surface area (Å²) in [6.45, 7) is 3.16. The first-order valence-electron chi connectivity index (χ1n) is 7.39. The molecule has 3 rings (SSSR count). The third-order valence-electron chi connectivity index (χ3n) is 4.84. The fourth-order valence-corrected chi connectivity index (χ4v) is 3.73. The van der Waals surface area contributed by atoms with Gasteiger partial charge in [-0.2, -0.15) is 0 Å². The highest BCUT2D eigenvalue weighted by Gasteiger charge is 2.33. The van der Waals surface area contributed by atoms with Crippen molar-refractivity contribution in [2.24, 2.45) is 5.41 Å². The van der Waals surface area contributed by atoms with Crippen molar-refractivity contribution in [3.8, 4) is 0 Å². The van der Waals surface area contributed by atoms with E-state index in [1.54, 1.807) is 6.07 Å². The smallest absolute Gasteiger partial charge is 0.151 e. The predicted octanol–water partition coefficient (Wildman–Crippen LogP) is 4.88. The Labute approximate surface area is 123 Å². The minimum Gasteiger partial charge on any atom is -0.326 e. The van der Waals surface area contributed by atoms with E-state index in [4.69, 9.17) is 11.6 Å². The molecule has 2 nitrogen and oxygen atoms in total.